The van der Waals surface area contributed by atoms with Gasteiger partial charge in [-0.2, -0.15) is 0 Å². The number of carbonyl (C=O) groups excluding carboxylic acids is 1. The summed E-state index contributed by atoms with van der Waals surface area (Å²) < 4.78 is 0. The van der Waals surface area contributed by atoms with Gasteiger partial charge in [-0.15, -0.1) is 11.8 Å². The van der Waals surface area contributed by atoms with Gasteiger partial charge in [0.1, 0.15) is 6.29 Å². The van der Waals surface area contributed by atoms with Crippen LogP contribution in [0.1, 0.15) is 51.9 Å². The van der Waals surface area contributed by atoms with Crippen molar-refractivity contribution in [2.24, 2.45) is 5.41 Å². The maximum atomic E-state index is 11.1. The molecule has 0 bridgehead atoms. The second kappa shape index (κ2) is 5.07. The van der Waals surface area contributed by atoms with Gasteiger partial charge in [0.2, 0.25) is 0 Å². The van der Waals surface area contributed by atoms with E-state index >= 15 is 0 Å². The molecule has 1 rings (SSSR count). The molecule has 1 aliphatic rings. The van der Waals surface area contributed by atoms with Gasteiger partial charge in [0.05, 0.1) is 0 Å². The van der Waals surface area contributed by atoms with Crippen molar-refractivity contribution in [1.29, 1.82) is 0 Å². The van der Waals surface area contributed by atoms with Crippen LogP contribution in [0.15, 0.2) is 0 Å². The van der Waals surface area contributed by atoms with E-state index < -0.39 is 0 Å². The average molecular weight is 178 g/mol. The van der Waals surface area contributed by atoms with Crippen LogP contribution >= 0.6 is 0 Å². The molecule has 72 valence electrons. The Balaban J connectivity index is 2.62. The second-order valence-electron chi connectivity index (χ2n) is 4.00. The molecule has 0 aromatic heterocycles. The van der Waals surface area contributed by atoms with Crippen molar-refractivity contribution in [2.75, 3.05) is 0 Å². The molecule has 0 aliphatic heterocycles. The van der Waals surface area contributed by atoms with E-state index in [1.807, 2.05) is 6.92 Å². The Kier molecular flexibility index (Phi) is 4.02. The first-order valence-electron chi connectivity index (χ1n) is 5.19. The standard InChI is InChI=1S/C12H18O/c1-2-3-8-12(11-13)9-6-4-5-7-10-12/h11H,4-10H2,1H3. The zero-order valence-electron chi connectivity index (χ0n) is 8.44. The van der Waals surface area contributed by atoms with E-state index in [1.54, 1.807) is 0 Å². The lowest BCUT2D eigenvalue weighted by molar-refractivity contribution is -0.116. The Labute approximate surface area is 80.9 Å². The fourth-order valence-corrected chi connectivity index (χ4v) is 2.03. The number of hydrogen-bond acceptors (Lipinski definition) is 1. The molecule has 0 spiro atoms. The van der Waals surface area contributed by atoms with Gasteiger partial charge < -0.3 is 4.79 Å². The van der Waals surface area contributed by atoms with Crippen molar-refractivity contribution in [2.45, 2.75) is 51.9 Å². The molecule has 0 radical (unpaired) electrons. The van der Waals surface area contributed by atoms with Crippen molar-refractivity contribution in [1.82, 2.24) is 0 Å². The first-order chi connectivity index (χ1) is 6.33. The average Bonchev–Trinajstić information content (AvgIpc) is 2.41. The van der Waals surface area contributed by atoms with Crippen molar-refractivity contribution in [3.8, 4) is 11.8 Å². The number of hydrogen-bond donors (Lipinski definition) is 0. The van der Waals surface area contributed by atoms with Crippen LogP contribution in [0.25, 0.3) is 0 Å². The summed E-state index contributed by atoms with van der Waals surface area (Å²) in [5.74, 6) is 5.94. The molecule has 0 amide bonds. The molecule has 0 aromatic rings. The lowest BCUT2D eigenvalue weighted by Gasteiger charge is -2.23. The first-order valence-corrected chi connectivity index (χ1v) is 5.19. The summed E-state index contributed by atoms with van der Waals surface area (Å²) in [6.45, 7) is 1.84. The fourth-order valence-electron chi connectivity index (χ4n) is 2.03. The van der Waals surface area contributed by atoms with Gasteiger partial charge in [0.25, 0.3) is 0 Å². The zero-order chi connectivity index (χ0) is 9.57. The number of rotatable bonds is 2. The minimum atomic E-state index is -0.0977. The summed E-state index contributed by atoms with van der Waals surface area (Å²) in [5.41, 5.74) is -0.0977. The molecular formula is C12H18O. The van der Waals surface area contributed by atoms with Crippen LogP contribution in [0, 0.1) is 17.3 Å². The fraction of sp³-hybridized carbons (Fsp3) is 0.750. The summed E-state index contributed by atoms with van der Waals surface area (Å²) in [6, 6.07) is 0. The molecule has 0 saturated heterocycles. The van der Waals surface area contributed by atoms with Gasteiger partial charge in [0, 0.05) is 11.8 Å². The highest BCUT2D eigenvalue weighted by molar-refractivity contribution is 5.60. The topological polar surface area (TPSA) is 17.1 Å². The summed E-state index contributed by atoms with van der Waals surface area (Å²) >= 11 is 0. The maximum Gasteiger partial charge on any atom is 0.127 e. The van der Waals surface area contributed by atoms with E-state index in [1.165, 1.54) is 25.7 Å². The SMILES string of the molecule is CC#CCC1(C=O)CCCCCC1. The minimum Gasteiger partial charge on any atom is -0.303 e. The molecule has 0 N–H and O–H groups in total. The summed E-state index contributed by atoms with van der Waals surface area (Å²) in [4.78, 5) is 11.1. The lowest BCUT2D eigenvalue weighted by atomic mass is 9.79. The van der Waals surface area contributed by atoms with Crippen molar-refractivity contribution in [3.05, 3.63) is 0 Å². The Bertz CT molecular complexity index is 211. The molecule has 1 saturated carbocycles. The predicted molar refractivity (Wildman–Crippen MR) is 54.3 cm³/mol. The van der Waals surface area contributed by atoms with Crippen LogP contribution in [0.5, 0.6) is 0 Å². The third-order valence-electron chi connectivity index (χ3n) is 2.97. The third kappa shape index (κ3) is 2.88. The highest BCUT2D eigenvalue weighted by Crippen LogP contribution is 2.35. The second-order valence-corrected chi connectivity index (χ2v) is 4.00. The molecule has 0 unspecified atom stereocenters. The minimum absolute atomic E-state index is 0.0977. The van der Waals surface area contributed by atoms with Crippen molar-refractivity contribution < 1.29 is 4.79 Å². The van der Waals surface area contributed by atoms with Gasteiger partial charge in [-0.1, -0.05) is 25.7 Å². The molecular weight excluding hydrogens is 160 g/mol. The maximum absolute atomic E-state index is 11.1. The van der Waals surface area contributed by atoms with Gasteiger partial charge in [-0.05, 0) is 19.8 Å². The molecule has 1 heteroatoms. The highest BCUT2D eigenvalue weighted by Gasteiger charge is 2.29. The van der Waals surface area contributed by atoms with Crippen LogP contribution in [-0.4, -0.2) is 6.29 Å². The quantitative estimate of drug-likeness (QED) is 0.361. The molecule has 1 aliphatic carbocycles. The van der Waals surface area contributed by atoms with Gasteiger partial charge in [0.15, 0.2) is 0 Å². The Morgan fingerprint density at radius 3 is 2.31 bits per heavy atom. The molecule has 0 aromatic carbocycles. The zero-order valence-corrected chi connectivity index (χ0v) is 8.44. The van der Waals surface area contributed by atoms with Crippen molar-refractivity contribution in [3.63, 3.8) is 0 Å². The Morgan fingerprint density at radius 1 is 1.23 bits per heavy atom. The monoisotopic (exact) mass is 178 g/mol. The smallest absolute Gasteiger partial charge is 0.127 e. The largest absolute Gasteiger partial charge is 0.303 e. The molecule has 0 heterocycles. The molecule has 0 atom stereocenters. The van der Waals surface area contributed by atoms with Crippen LogP contribution in [0.2, 0.25) is 0 Å². The van der Waals surface area contributed by atoms with E-state index in [4.69, 9.17) is 0 Å². The Hall–Kier alpha value is -0.770. The lowest BCUT2D eigenvalue weighted by Crippen LogP contribution is -2.20. The van der Waals surface area contributed by atoms with Crippen LogP contribution < -0.4 is 0 Å². The summed E-state index contributed by atoms with van der Waals surface area (Å²) in [6.07, 6.45) is 8.99. The number of carbonyl (C=O) groups is 1. The number of aldehydes is 1. The van der Waals surface area contributed by atoms with Gasteiger partial charge in [-0.25, -0.2) is 0 Å². The Morgan fingerprint density at radius 2 is 1.85 bits per heavy atom. The molecule has 1 nitrogen and oxygen atoms in total. The van der Waals surface area contributed by atoms with E-state index in [0.29, 0.717) is 0 Å². The highest BCUT2D eigenvalue weighted by atomic mass is 16.1. The van der Waals surface area contributed by atoms with E-state index in [9.17, 15) is 4.79 Å². The van der Waals surface area contributed by atoms with Gasteiger partial charge in [-0.3, -0.25) is 0 Å². The van der Waals surface area contributed by atoms with E-state index in [0.717, 1.165) is 25.5 Å². The van der Waals surface area contributed by atoms with Gasteiger partial charge >= 0.3 is 0 Å². The van der Waals surface area contributed by atoms with E-state index in [2.05, 4.69) is 11.8 Å². The van der Waals surface area contributed by atoms with Crippen LogP contribution in [0.4, 0.5) is 0 Å². The van der Waals surface area contributed by atoms with Crippen LogP contribution in [-0.2, 0) is 4.79 Å². The predicted octanol–water partition coefficient (Wildman–Crippen LogP) is 2.94. The summed E-state index contributed by atoms with van der Waals surface area (Å²) in [7, 11) is 0. The van der Waals surface area contributed by atoms with Crippen LogP contribution in [0.3, 0.4) is 0 Å². The van der Waals surface area contributed by atoms with E-state index in [-0.39, 0.29) is 5.41 Å². The third-order valence-corrected chi connectivity index (χ3v) is 2.97. The summed E-state index contributed by atoms with van der Waals surface area (Å²) in [5, 5.41) is 0. The molecule has 1 fully saturated rings. The molecule has 13 heavy (non-hydrogen) atoms. The first kappa shape index (κ1) is 10.3. The normalized spacial score (nSPS) is 21.0. The van der Waals surface area contributed by atoms with Crippen molar-refractivity contribution >= 4 is 6.29 Å².